The molecule has 82 valence electrons. The van der Waals surface area contributed by atoms with Crippen LogP contribution in [0.5, 0.6) is 0 Å². The van der Waals surface area contributed by atoms with Crippen molar-refractivity contribution in [2.45, 2.75) is 32.1 Å². The number of hydrogen-bond acceptors (Lipinski definition) is 2. The van der Waals surface area contributed by atoms with Gasteiger partial charge in [0.25, 0.3) is 0 Å². The molecule has 1 heterocycles. The van der Waals surface area contributed by atoms with Crippen molar-refractivity contribution in [1.29, 1.82) is 0 Å². The van der Waals surface area contributed by atoms with E-state index in [4.69, 9.17) is 0 Å². The van der Waals surface area contributed by atoms with Gasteiger partial charge in [0.15, 0.2) is 0 Å². The van der Waals surface area contributed by atoms with E-state index in [1.54, 1.807) is 6.92 Å². The number of ketones is 1. The number of hydrogen-bond donors (Lipinski definition) is 1. The molecule has 0 amide bonds. The third-order valence-corrected chi connectivity index (χ3v) is 2.98. The summed E-state index contributed by atoms with van der Waals surface area (Å²) in [5.41, 5.74) is 3.13. The Hall–Kier alpha value is -1.64. The standard InChI is InChI=1S/C13H14N2O/c1-8(16)6-9-2-5-11-12(7-9)15-13(14-11)10-3-4-10/h2,5,7,10H,3-4,6H2,1H3,(H,14,15). The number of aromatic nitrogens is 2. The van der Waals surface area contributed by atoms with Crippen LogP contribution in [-0.2, 0) is 11.2 Å². The Morgan fingerprint density at radius 2 is 2.31 bits per heavy atom. The molecule has 16 heavy (non-hydrogen) atoms. The highest BCUT2D eigenvalue weighted by molar-refractivity contribution is 5.81. The zero-order valence-corrected chi connectivity index (χ0v) is 9.29. The highest BCUT2D eigenvalue weighted by Gasteiger charge is 2.26. The van der Waals surface area contributed by atoms with E-state index in [0.29, 0.717) is 12.3 Å². The van der Waals surface area contributed by atoms with Crippen molar-refractivity contribution in [3.8, 4) is 0 Å². The number of Topliss-reactive ketones (excluding diaryl/α,β-unsaturated/α-hetero) is 1. The molecular weight excluding hydrogens is 200 g/mol. The molecule has 0 atom stereocenters. The molecule has 0 unspecified atom stereocenters. The second-order valence-electron chi connectivity index (χ2n) is 4.63. The number of nitrogens with zero attached hydrogens (tertiary/aromatic N) is 1. The first kappa shape index (κ1) is 9.58. The minimum atomic E-state index is 0.196. The predicted molar refractivity (Wildman–Crippen MR) is 62.5 cm³/mol. The fourth-order valence-electron chi connectivity index (χ4n) is 2.02. The summed E-state index contributed by atoms with van der Waals surface area (Å²) in [5.74, 6) is 1.94. The molecule has 0 saturated heterocycles. The number of fused-ring (bicyclic) bond motifs is 1. The highest BCUT2D eigenvalue weighted by Crippen LogP contribution is 2.39. The van der Waals surface area contributed by atoms with Gasteiger partial charge >= 0.3 is 0 Å². The number of benzene rings is 1. The SMILES string of the molecule is CC(=O)Cc1ccc2nc(C3CC3)[nH]c2c1. The van der Waals surface area contributed by atoms with E-state index in [0.717, 1.165) is 22.4 Å². The topological polar surface area (TPSA) is 45.8 Å². The smallest absolute Gasteiger partial charge is 0.134 e. The highest BCUT2D eigenvalue weighted by atomic mass is 16.1. The summed E-state index contributed by atoms with van der Waals surface area (Å²) in [6.45, 7) is 1.62. The van der Waals surface area contributed by atoms with Crippen LogP contribution in [0.2, 0.25) is 0 Å². The summed E-state index contributed by atoms with van der Waals surface area (Å²) in [7, 11) is 0. The molecule has 2 aromatic rings. The van der Waals surface area contributed by atoms with Gasteiger partial charge in [0.1, 0.15) is 11.6 Å². The number of carbonyl (C=O) groups is 1. The molecule has 1 aliphatic rings. The molecule has 1 N–H and O–H groups in total. The van der Waals surface area contributed by atoms with E-state index < -0.39 is 0 Å². The maximum absolute atomic E-state index is 11.0. The average Bonchev–Trinajstić information content (AvgIpc) is 2.98. The van der Waals surface area contributed by atoms with Crippen LogP contribution >= 0.6 is 0 Å². The number of H-pyrrole nitrogens is 1. The van der Waals surface area contributed by atoms with Crippen LogP contribution in [0.1, 0.15) is 37.1 Å². The molecule has 3 nitrogen and oxygen atoms in total. The predicted octanol–water partition coefficient (Wildman–Crippen LogP) is 2.57. The molecule has 1 saturated carbocycles. The van der Waals surface area contributed by atoms with Crippen LogP contribution in [0.15, 0.2) is 18.2 Å². The molecule has 1 aromatic heterocycles. The van der Waals surface area contributed by atoms with Crippen LogP contribution in [0, 0.1) is 0 Å². The minimum absolute atomic E-state index is 0.196. The van der Waals surface area contributed by atoms with E-state index in [2.05, 4.69) is 9.97 Å². The quantitative estimate of drug-likeness (QED) is 0.853. The molecule has 1 fully saturated rings. The Morgan fingerprint density at radius 3 is 3.00 bits per heavy atom. The van der Waals surface area contributed by atoms with Crippen molar-refractivity contribution in [3.63, 3.8) is 0 Å². The van der Waals surface area contributed by atoms with Gasteiger partial charge in [-0.1, -0.05) is 6.07 Å². The first-order valence-corrected chi connectivity index (χ1v) is 5.70. The van der Waals surface area contributed by atoms with Crippen molar-refractivity contribution in [2.24, 2.45) is 0 Å². The fourth-order valence-corrected chi connectivity index (χ4v) is 2.02. The van der Waals surface area contributed by atoms with Gasteiger partial charge in [-0.3, -0.25) is 4.79 Å². The largest absolute Gasteiger partial charge is 0.342 e. The molecule has 3 rings (SSSR count). The lowest BCUT2D eigenvalue weighted by Gasteiger charge is -1.96. The van der Waals surface area contributed by atoms with E-state index in [-0.39, 0.29) is 5.78 Å². The first-order chi connectivity index (χ1) is 7.72. The zero-order chi connectivity index (χ0) is 11.1. The summed E-state index contributed by atoms with van der Waals surface area (Å²) in [5, 5.41) is 0. The normalized spacial score (nSPS) is 15.6. The maximum atomic E-state index is 11.0. The number of imidazole rings is 1. The summed E-state index contributed by atoms with van der Waals surface area (Å²) in [6.07, 6.45) is 3.01. The zero-order valence-electron chi connectivity index (χ0n) is 9.29. The number of carbonyl (C=O) groups excluding carboxylic acids is 1. The minimum Gasteiger partial charge on any atom is -0.342 e. The molecular formula is C13H14N2O. The third kappa shape index (κ3) is 1.73. The second kappa shape index (κ2) is 3.44. The Bertz CT molecular complexity index is 552. The maximum Gasteiger partial charge on any atom is 0.134 e. The van der Waals surface area contributed by atoms with Gasteiger partial charge in [0.05, 0.1) is 11.0 Å². The summed E-state index contributed by atoms with van der Waals surface area (Å²) >= 11 is 0. The monoisotopic (exact) mass is 214 g/mol. The Kier molecular flexibility index (Phi) is 2.06. The molecule has 0 radical (unpaired) electrons. The summed E-state index contributed by atoms with van der Waals surface area (Å²) < 4.78 is 0. The number of aromatic amines is 1. The summed E-state index contributed by atoms with van der Waals surface area (Å²) in [4.78, 5) is 19.0. The number of nitrogens with one attached hydrogen (secondary N) is 1. The lowest BCUT2D eigenvalue weighted by Crippen LogP contribution is -1.95. The van der Waals surface area contributed by atoms with Crippen LogP contribution in [-0.4, -0.2) is 15.8 Å². The van der Waals surface area contributed by atoms with E-state index >= 15 is 0 Å². The van der Waals surface area contributed by atoms with Gasteiger partial charge in [-0.15, -0.1) is 0 Å². The van der Waals surface area contributed by atoms with Crippen molar-refractivity contribution < 1.29 is 4.79 Å². The van der Waals surface area contributed by atoms with Gasteiger partial charge in [-0.2, -0.15) is 0 Å². The van der Waals surface area contributed by atoms with Gasteiger partial charge in [-0.05, 0) is 37.5 Å². The van der Waals surface area contributed by atoms with Crippen LogP contribution in [0.4, 0.5) is 0 Å². The Labute approximate surface area is 93.9 Å². The van der Waals surface area contributed by atoms with Crippen molar-refractivity contribution >= 4 is 16.8 Å². The Morgan fingerprint density at radius 1 is 1.50 bits per heavy atom. The van der Waals surface area contributed by atoms with Gasteiger partial charge in [0.2, 0.25) is 0 Å². The van der Waals surface area contributed by atoms with Crippen LogP contribution in [0.3, 0.4) is 0 Å². The molecule has 1 aromatic carbocycles. The van der Waals surface area contributed by atoms with Crippen molar-refractivity contribution in [3.05, 3.63) is 29.6 Å². The van der Waals surface area contributed by atoms with E-state index in [1.165, 1.54) is 12.8 Å². The first-order valence-electron chi connectivity index (χ1n) is 5.70. The lowest BCUT2D eigenvalue weighted by atomic mass is 10.1. The lowest BCUT2D eigenvalue weighted by molar-refractivity contribution is -0.116. The molecule has 0 spiro atoms. The molecule has 0 aliphatic heterocycles. The van der Waals surface area contributed by atoms with Crippen LogP contribution in [0.25, 0.3) is 11.0 Å². The molecule has 0 bridgehead atoms. The number of rotatable bonds is 3. The van der Waals surface area contributed by atoms with E-state index in [9.17, 15) is 4.79 Å². The Balaban J connectivity index is 1.99. The van der Waals surface area contributed by atoms with Crippen molar-refractivity contribution in [1.82, 2.24) is 9.97 Å². The second-order valence-corrected chi connectivity index (χ2v) is 4.63. The fraction of sp³-hybridized carbons (Fsp3) is 0.385. The van der Waals surface area contributed by atoms with Crippen LogP contribution < -0.4 is 0 Å². The van der Waals surface area contributed by atoms with Gasteiger partial charge in [-0.25, -0.2) is 4.98 Å². The van der Waals surface area contributed by atoms with Gasteiger partial charge in [0, 0.05) is 12.3 Å². The van der Waals surface area contributed by atoms with E-state index in [1.807, 2.05) is 18.2 Å². The van der Waals surface area contributed by atoms with Gasteiger partial charge < -0.3 is 4.98 Å². The average molecular weight is 214 g/mol. The van der Waals surface area contributed by atoms with Crippen molar-refractivity contribution in [2.75, 3.05) is 0 Å². The summed E-state index contributed by atoms with van der Waals surface area (Å²) in [6, 6.07) is 6.02. The third-order valence-electron chi connectivity index (χ3n) is 2.98. The molecule has 1 aliphatic carbocycles. The molecule has 3 heteroatoms.